The van der Waals surface area contributed by atoms with Gasteiger partial charge in [-0.3, -0.25) is 5.43 Å². The van der Waals surface area contributed by atoms with Gasteiger partial charge in [-0.05, 0) is 48.6 Å². The van der Waals surface area contributed by atoms with Gasteiger partial charge in [-0.25, -0.2) is 0 Å². The Balaban J connectivity index is 1.64. The Labute approximate surface area is 140 Å². The van der Waals surface area contributed by atoms with Crippen LogP contribution in [0.5, 0.6) is 11.5 Å². The minimum atomic E-state index is 0.437. The molecule has 1 heterocycles. The Morgan fingerprint density at radius 3 is 2.74 bits per heavy atom. The molecular formula is C17H17N3O2S. The first-order valence-corrected chi connectivity index (χ1v) is 7.67. The molecule has 0 spiro atoms. The number of methoxy groups -OCH3 is 1. The molecule has 0 radical (unpaired) electrons. The van der Waals surface area contributed by atoms with Gasteiger partial charge in [0.1, 0.15) is 11.5 Å². The molecule has 2 aromatic rings. The van der Waals surface area contributed by atoms with Gasteiger partial charge in [0.2, 0.25) is 0 Å². The summed E-state index contributed by atoms with van der Waals surface area (Å²) < 4.78 is 10.7. The predicted molar refractivity (Wildman–Crippen MR) is 95.4 cm³/mol. The monoisotopic (exact) mass is 327 g/mol. The number of fused-ring (bicyclic) bond motifs is 1. The van der Waals surface area contributed by atoms with Crippen LogP contribution in [-0.4, -0.2) is 24.5 Å². The molecular weight excluding hydrogens is 310 g/mol. The van der Waals surface area contributed by atoms with Gasteiger partial charge in [-0.1, -0.05) is 12.1 Å². The molecule has 2 aromatic carbocycles. The molecule has 118 valence electrons. The van der Waals surface area contributed by atoms with Crippen molar-refractivity contribution >= 4 is 28.7 Å². The highest BCUT2D eigenvalue weighted by Gasteiger charge is 2.15. The Morgan fingerprint density at radius 1 is 1.17 bits per heavy atom. The van der Waals surface area contributed by atoms with Crippen molar-refractivity contribution in [3.8, 4) is 11.5 Å². The highest BCUT2D eigenvalue weighted by Crippen LogP contribution is 2.24. The maximum atomic E-state index is 5.61. The molecule has 0 amide bonds. The van der Waals surface area contributed by atoms with Gasteiger partial charge < -0.3 is 14.8 Å². The second-order valence-electron chi connectivity index (χ2n) is 4.95. The molecule has 2 N–H and O–H groups in total. The highest BCUT2D eigenvalue weighted by molar-refractivity contribution is 7.80. The first-order chi connectivity index (χ1) is 11.3. The van der Waals surface area contributed by atoms with Crippen molar-refractivity contribution in [2.45, 2.75) is 6.42 Å². The van der Waals surface area contributed by atoms with Gasteiger partial charge >= 0.3 is 0 Å². The number of benzene rings is 2. The van der Waals surface area contributed by atoms with Crippen LogP contribution in [0.25, 0.3) is 0 Å². The summed E-state index contributed by atoms with van der Waals surface area (Å²) in [6.45, 7) is 0.621. The van der Waals surface area contributed by atoms with Gasteiger partial charge in [0.05, 0.1) is 19.4 Å². The number of hydrogen-bond acceptors (Lipinski definition) is 4. The summed E-state index contributed by atoms with van der Waals surface area (Å²) in [5.41, 5.74) is 5.70. The van der Waals surface area contributed by atoms with Gasteiger partial charge in [-0.15, -0.1) is 0 Å². The van der Waals surface area contributed by atoms with Crippen LogP contribution in [-0.2, 0) is 0 Å². The van der Waals surface area contributed by atoms with Crippen molar-refractivity contribution < 1.29 is 9.47 Å². The lowest BCUT2D eigenvalue weighted by atomic mass is 10.0. The molecule has 0 bridgehead atoms. The molecule has 0 aliphatic carbocycles. The van der Waals surface area contributed by atoms with Crippen molar-refractivity contribution in [2.24, 2.45) is 5.10 Å². The average Bonchev–Trinajstić information content (AvgIpc) is 2.60. The number of hydrogen-bond donors (Lipinski definition) is 2. The summed E-state index contributed by atoms with van der Waals surface area (Å²) in [6, 6.07) is 15.4. The smallest absolute Gasteiger partial charge is 0.191 e. The molecule has 0 saturated heterocycles. The molecule has 0 fully saturated rings. The summed E-state index contributed by atoms with van der Waals surface area (Å²) in [6.07, 6.45) is 0.745. The van der Waals surface area contributed by atoms with Gasteiger partial charge in [0, 0.05) is 17.7 Å². The van der Waals surface area contributed by atoms with Gasteiger partial charge in [0.25, 0.3) is 0 Å². The van der Waals surface area contributed by atoms with Crippen molar-refractivity contribution in [3.63, 3.8) is 0 Å². The summed E-state index contributed by atoms with van der Waals surface area (Å²) in [4.78, 5) is 0. The third kappa shape index (κ3) is 3.78. The second-order valence-corrected chi connectivity index (χ2v) is 5.36. The van der Waals surface area contributed by atoms with Gasteiger partial charge in [0.15, 0.2) is 5.11 Å². The molecule has 6 heteroatoms. The summed E-state index contributed by atoms with van der Waals surface area (Å²) in [5.74, 6) is 1.65. The van der Waals surface area contributed by atoms with E-state index in [0.717, 1.165) is 34.9 Å². The molecule has 1 aliphatic rings. The van der Waals surface area contributed by atoms with Crippen LogP contribution >= 0.6 is 12.2 Å². The van der Waals surface area contributed by atoms with E-state index < -0.39 is 0 Å². The van der Waals surface area contributed by atoms with Crippen LogP contribution in [0.4, 0.5) is 5.69 Å². The zero-order chi connectivity index (χ0) is 16.1. The summed E-state index contributed by atoms with van der Waals surface area (Å²) in [7, 11) is 1.64. The standard InChI is InChI=1S/C17H17N3O2S/c1-21-13-8-6-12(7-9-13)18-17(23)20-19-15-10-11-22-16-5-3-2-4-14(15)16/h2-9H,10-11H2,1H3,(H2,18,20,23). The van der Waals surface area contributed by atoms with E-state index >= 15 is 0 Å². The van der Waals surface area contributed by atoms with Crippen molar-refractivity contribution in [1.82, 2.24) is 5.43 Å². The molecule has 0 saturated carbocycles. The third-order valence-electron chi connectivity index (χ3n) is 3.43. The lowest BCUT2D eigenvalue weighted by Gasteiger charge is -2.19. The molecule has 0 aromatic heterocycles. The minimum absolute atomic E-state index is 0.437. The number of nitrogens with zero attached hydrogens (tertiary/aromatic N) is 1. The topological polar surface area (TPSA) is 54.9 Å². The maximum Gasteiger partial charge on any atom is 0.191 e. The van der Waals surface area contributed by atoms with Crippen LogP contribution in [0.1, 0.15) is 12.0 Å². The van der Waals surface area contributed by atoms with E-state index in [2.05, 4.69) is 15.8 Å². The van der Waals surface area contributed by atoms with E-state index in [9.17, 15) is 0 Å². The quantitative estimate of drug-likeness (QED) is 0.670. The molecule has 3 rings (SSSR count). The van der Waals surface area contributed by atoms with E-state index in [0.29, 0.717) is 11.7 Å². The number of hydrazone groups is 1. The second kappa shape index (κ2) is 7.11. The van der Waals surface area contributed by atoms with Gasteiger partial charge in [-0.2, -0.15) is 5.10 Å². The van der Waals surface area contributed by atoms with Crippen LogP contribution in [0.15, 0.2) is 53.6 Å². The largest absolute Gasteiger partial charge is 0.497 e. The van der Waals surface area contributed by atoms with Crippen LogP contribution < -0.4 is 20.2 Å². The Bertz CT molecular complexity index is 729. The zero-order valence-electron chi connectivity index (χ0n) is 12.7. The molecule has 1 aliphatic heterocycles. The van der Waals surface area contributed by atoms with Crippen molar-refractivity contribution in [2.75, 3.05) is 19.0 Å². The van der Waals surface area contributed by atoms with E-state index in [1.165, 1.54) is 0 Å². The summed E-state index contributed by atoms with van der Waals surface area (Å²) in [5, 5.41) is 7.93. The molecule has 0 atom stereocenters. The number of ether oxygens (including phenoxy) is 2. The number of thiocarbonyl (C=S) groups is 1. The molecule has 23 heavy (non-hydrogen) atoms. The SMILES string of the molecule is COc1ccc(NC(=S)NN=C2CCOc3ccccc32)cc1. The fraction of sp³-hybridized carbons (Fsp3) is 0.176. The number of para-hydroxylation sites is 1. The molecule has 0 unspecified atom stereocenters. The predicted octanol–water partition coefficient (Wildman–Crippen LogP) is 3.17. The number of anilines is 1. The fourth-order valence-electron chi connectivity index (χ4n) is 2.29. The molecule has 5 nitrogen and oxygen atoms in total. The Morgan fingerprint density at radius 2 is 1.96 bits per heavy atom. The van der Waals surface area contributed by atoms with E-state index in [-0.39, 0.29) is 0 Å². The van der Waals surface area contributed by atoms with Crippen LogP contribution in [0, 0.1) is 0 Å². The summed E-state index contributed by atoms with van der Waals surface area (Å²) >= 11 is 5.27. The van der Waals surface area contributed by atoms with Crippen LogP contribution in [0.2, 0.25) is 0 Å². The first-order valence-electron chi connectivity index (χ1n) is 7.26. The van der Waals surface area contributed by atoms with E-state index in [4.69, 9.17) is 21.7 Å². The minimum Gasteiger partial charge on any atom is -0.497 e. The average molecular weight is 327 g/mol. The van der Waals surface area contributed by atoms with Crippen LogP contribution in [0.3, 0.4) is 0 Å². The Hall–Kier alpha value is -2.60. The number of rotatable bonds is 3. The zero-order valence-corrected chi connectivity index (χ0v) is 13.5. The van der Waals surface area contributed by atoms with Crippen molar-refractivity contribution in [3.05, 3.63) is 54.1 Å². The Kier molecular flexibility index (Phi) is 4.73. The normalized spacial score (nSPS) is 14.6. The lowest BCUT2D eigenvalue weighted by molar-refractivity contribution is 0.320. The van der Waals surface area contributed by atoms with Crippen molar-refractivity contribution in [1.29, 1.82) is 0 Å². The first kappa shape index (κ1) is 15.3. The highest BCUT2D eigenvalue weighted by atomic mass is 32.1. The third-order valence-corrected chi connectivity index (χ3v) is 3.63. The lowest BCUT2D eigenvalue weighted by Crippen LogP contribution is -2.27. The maximum absolute atomic E-state index is 5.61. The van der Waals surface area contributed by atoms with E-state index in [1.807, 2.05) is 48.5 Å². The number of nitrogens with one attached hydrogen (secondary N) is 2. The fourth-order valence-corrected chi connectivity index (χ4v) is 2.45. The van der Waals surface area contributed by atoms with E-state index in [1.54, 1.807) is 7.11 Å².